The summed E-state index contributed by atoms with van der Waals surface area (Å²) < 4.78 is 7.57. The Balaban J connectivity index is 1.43. The summed E-state index contributed by atoms with van der Waals surface area (Å²) in [5, 5.41) is 11.1. The second-order valence-electron chi connectivity index (χ2n) is 10.7. The molecule has 2 N–H and O–H groups in total. The van der Waals surface area contributed by atoms with E-state index in [0.717, 1.165) is 24.5 Å². The minimum atomic E-state index is -0.331. The van der Waals surface area contributed by atoms with Crippen molar-refractivity contribution in [2.75, 3.05) is 62.4 Å². The molecule has 2 fully saturated rings. The van der Waals surface area contributed by atoms with Gasteiger partial charge in [-0.3, -0.25) is 9.59 Å². The van der Waals surface area contributed by atoms with Crippen LogP contribution in [0.5, 0.6) is 5.75 Å². The number of carbonyl (C=O) groups excluding carboxylic acids is 2. The molecule has 5 rings (SSSR count). The lowest BCUT2D eigenvalue weighted by Crippen LogP contribution is -2.48. The Morgan fingerprint density at radius 2 is 1.95 bits per heavy atom. The summed E-state index contributed by atoms with van der Waals surface area (Å²) in [6.45, 7) is 11.6. The quantitative estimate of drug-likeness (QED) is 0.332. The number of nitrogens with one attached hydrogen (secondary N) is 2. The van der Waals surface area contributed by atoms with Crippen molar-refractivity contribution in [3.63, 3.8) is 0 Å². The molecule has 42 heavy (non-hydrogen) atoms. The van der Waals surface area contributed by atoms with Crippen LogP contribution in [0.4, 0.5) is 23.0 Å². The first-order valence-corrected chi connectivity index (χ1v) is 14.3. The van der Waals surface area contributed by atoms with Crippen molar-refractivity contribution in [1.29, 1.82) is 0 Å². The molecule has 3 heterocycles. The number of ether oxygens (including phenoxy) is 1. The molecule has 0 atom stereocenters. The highest BCUT2D eigenvalue weighted by Crippen LogP contribution is 2.41. The number of carbonyl (C=O) groups is 2. The zero-order valence-electron chi connectivity index (χ0n) is 24.8. The Morgan fingerprint density at radius 3 is 2.60 bits per heavy atom. The average molecular weight is 574 g/mol. The van der Waals surface area contributed by atoms with Crippen molar-refractivity contribution >= 4 is 34.8 Å². The van der Waals surface area contributed by atoms with Gasteiger partial charge in [-0.1, -0.05) is 13.5 Å². The van der Waals surface area contributed by atoms with Crippen LogP contribution in [0.25, 0.3) is 5.82 Å². The van der Waals surface area contributed by atoms with Crippen LogP contribution in [0, 0.1) is 0 Å². The molecule has 0 bridgehead atoms. The number of hydrogen-bond donors (Lipinski definition) is 2. The van der Waals surface area contributed by atoms with Crippen LogP contribution in [0.2, 0.25) is 0 Å². The van der Waals surface area contributed by atoms with E-state index in [2.05, 4.69) is 52.2 Å². The Kier molecular flexibility index (Phi) is 8.72. The standard InChI is InChI=1S/C30H39N9O3/c1-6-28(41)32-23-16-24(26(42-5)17-25(23)38-14-12-37(13-15-38)20(3)40)33-30-31-11-10-27(34-30)39-19-22(18-36(4)7-2)29(35-39)21-8-9-21/h6,10-11,16-17,19,21H,1,7-9,12-15,18H2,2-5H3,(H,32,41)(H,31,33,34). The number of hydrogen-bond acceptors (Lipinski definition) is 9. The third kappa shape index (κ3) is 6.54. The summed E-state index contributed by atoms with van der Waals surface area (Å²) in [5.41, 5.74) is 4.33. The molecule has 1 saturated carbocycles. The van der Waals surface area contributed by atoms with E-state index in [1.807, 2.05) is 21.7 Å². The molecule has 2 aliphatic rings. The molecular weight excluding hydrogens is 534 g/mol. The number of piperazine rings is 1. The van der Waals surface area contributed by atoms with Crippen molar-refractivity contribution in [3.8, 4) is 11.6 Å². The molecule has 12 heteroatoms. The third-order valence-corrected chi connectivity index (χ3v) is 7.72. The highest BCUT2D eigenvalue weighted by Gasteiger charge is 2.30. The lowest BCUT2D eigenvalue weighted by molar-refractivity contribution is -0.129. The van der Waals surface area contributed by atoms with Gasteiger partial charge in [-0.15, -0.1) is 0 Å². The van der Waals surface area contributed by atoms with Gasteiger partial charge in [0.1, 0.15) is 5.75 Å². The van der Waals surface area contributed by atoms with Crippen LogP contribution < -0.4 is 20.3 Å². The number of aromatic nitrogens is 4. The lowest BCUT2D eigenvalue weighted by atomic mass is 10.1. The van der Waals surface area contributed by atoms with Crippen molar-refractivity contribution in [2.24, 2.45) is 0 Å². The van der Waals surface area contributed by atoms with E-state index in [9.17, 15) is 9.59 Å². The second kappa shape index (κ2) is 12.6. The van der Waals surface area contributed by atoms with Crippen LogP contribution in [-0.2, 0) is 16.1 Å². The summed E-state index contributed by atoms with van der Waals surface area (Å²) in [4.78, 5) is 39.6. The van der Waals surface area contributed by atoms with Gasteiger partial charge in [0.05, 0.1) is 29.9 Å². The van der Waals surface area contributed by atoms with Crippen LogP contribution in [0.15, 0.2) is 43.2 Å². The summed E-state index contributed by atoms with van der Waals surface area (Å²) in [5.74, 6) is 1.82. The van der Waals surface area contributed by atoms with Gasteiger partial charge in [-0.2, -0.15) is 10.1 Å². The van der Waals surface area contributed by atoms with Gasteiger partial charge in [0.2, 0.25) is 17.8 Å². The van der Waals surface area contributed by atoms with E-state index in [0.29, 0.717) is 61.0 Å². The summed E-state index contributed by atoms with van der Waals surface area (Å²) in [6, 6.07) is 5.51. The van der Waals surface area contributed by atoms with E-state index in [-0.39, 0.29) is 11.8 Å². The highest BCUT2D eigenvalue weighted by atomic mass is 16.5. The molecule has 1 saturated heterocycles. The molecule has 222 valence electrons. The molecule has 0 unspecified atom stereocenters. The topological polar surface area (TPSA) is 121 Å². The van der Waals surface area contributed by atoms with Gasteiger partial charge in [0, 0.05) is 75.7 Å². The smallest absolute Gasteiger partial charge is 0.247 e. The lowest BCUT2D eigenvalue weighted by Gasteiger charge is -2.36. The first kappa shape index (κ1) is 29.1. The number of methoxy groups -OCH3 is 1. The molecule has 2 amide bonds. The van der Waals surface area contributed by atoms with Gasteiger partial charge in [-0.05, 0) is 38.6 Å². The minimum Gasteiger partial charge on any atom is -0.494 e. The fourth-order valence-corrected chi connectivity index (χ4v) is 5.07. The average Bonchev–Trinajstić information content (AvgIpc) is 3.76. The highest BCUT2D eigenvalue weighted by molar-refractivity contribution is 6.02. The predicted molar refractivity (Wildman–Crippen MR) is 163 cm³/mol. The molecule has 12 nitrogen and oxygen atoms in total. The Morgan fingerprint density at radius 1 is 1.19 bits per heavy atom. The van der Waals surface area contributed by atoms with Crippen LogP contribution in [-0.4, -0.2) is 88.2 Å². The molecule has 3 aromatic rings. The number of nitrogens with zero attached hydrogens (tertiary/aromatic N) is 7. The minimum absolute atomic E-state index is 0.0533. The molecule has 2 aromatic heterocycles. The van der Waals surface area contributed by atoms with Crippen LogP contribution >= 0.6 is 0 Å². The van der Waals surface area contributed by atoms with Gasteiger partial charge < -0.3 is 30.1 Å². The normalized spacial score (nSPS) is 15.1. The van der Waals surface area contributed by atoms with E-state index in [1.54, 1.807) is 26.3 Å². The molecule has 0 radical (unpaired) electrons. The number of rotatable bonds is 11. The van der Waals surface area contributed by atoms with Gasteiger partial charge in [0.25, 0.3) is 0 Å². The fourth-order valence-electron chi connectivity index (χ4n) is 5.07. The predicted octanol–water partition coefficient (Wildman–Crippen LogP) is 3.54. The maximum Gasteiger partial charge on any atom is 0.247 e. The SMILES string of the molecule is C=CC(=O)Nc1cc(Nc2nccc(-n3cc(CN(C)CC)c(C4CC4)n3)n2)c(OC)cc1N1CCN(C(C)=O)CC1. The monoisotopic (exact) mass is 573 g/mol. The molecular formula is C30H39N9O3. The van der Waals surface area contributed by atoms with Crippen molar-refractivity contribution < 1.29 is 14.3 Å². The maximum absolute atomic E-state index is 12.4. The first-order valence-electron chi connectivity index (χ1n) is 14.3. The van der Waals surface area contributed by atoms with E-state index in [4.69, 9.17) is 14.8 Å². The number of benzene rings is 1. The summed E-state index contributed by atoms with van der Waals surface area (Å²) in [7, 11) is 3.70. The summed E-state index contributed by atoms with van der Waals surface area (Å²) in [6.07, 6.45) is 7.33. The van der Waals surface area contributed by atoms with Crippen molar-refractivity contribution in [3.05, 3.63) is 54.5 Å². The van der Waals surface area contributed by atoms with E-state index >= 15 is 0 Å². The summed E-state index contributed by atoms with van der Waals surface area (Å²) >= 11 is 0. The molecule has 1 aromatic carbocycles. The molecule has 1 aliphatic carbocycles. The van der Waals surface area contributed by atoms with Gasteiger partial charge in [-0.25, -0.2) is 9.67 Å². The number of amides is 2. The Bertz CT molecular complexity index is 1460. The zero-order valence-corrected chi connectivity index (χ0v) is 24.8. The zero-order chi connectivity index (χ0) is 29.8. The van der Waals surface area contributed by atoms with E-state index < -0.39 is 0 Å². The van der Waals surface area contributed by atoms with E-state index in [1.165, 1.54) is 24.5 Å². The van der Waals surface area contributed by atoms with Gasteiger partial charge >= 0.3 is 0 Å². The van der Waals surface area contributed by atoms with Gasteiger partial charge in [0.15, 0.2) is 5.82 Å². The molecule has 0 spiro atoms. The van der Waals surface area contributed by atoms with Crippen LogP contribution in [0.1, 0.15) is 43.9 Å². The maximum atomic E-state index is 12.4. The van der Waals surface area contributed by atoms with Crippen LogP contribution in [0.3, 0.4) is 0 Å². The fraction of sp³-hybridized carbons (Fsp3) is 0.433. The third-order valence-electron chi connectivity index (χ3n) is 7.72. The first-order chi connectivity index (χ1) is 20.3. The molecule has 1 aliphatic heterocycles. The van der Waals surface area contributed by atoms with Crippen molar-refractivity contribution in [1.82, 2.24) is 29.5 Å². The largest absolute Gasteiger partial charge is 0.494 e. The second-order valence-corrected chi connectivity index (χ2v) is 10.7. The Hall–Kier alpha value is -4.45. The van der Waals surface area contributed by atoms with Crippen molar-refractivity contribution in [2.45, 2.75) is 39.2 Å². The Labute approximate surface area is 246 Å². The number of anilines is 4.